The highest BCUT2D eigenvalue weighted by Gasteiger charge is 2.27. The van der Waals surface area contributed by atoms with Gasteiger partial charge in [-0.3, -0.25) is 5.41 Å². The Hall–Kier alpha value is -2.58. The van der Waals surface area contributed by atoms with Gasteiger partial charge in [-0.15, -0.1) is 0 Å². The number of nitrogens with two attached hydrogens (primary N) is 1. The van der Waals surface area contributed by atoms with Gasteiger partial charge < -0.3 is 25.6 Å². The van der Waals surface area contributed by atoms with Crippen molar-refractivity contribution < 1.29 is 19.4 Å². The predicted octanol–water partition coefficient (Wildman–Crippen LogP) is 3.38. The Kier molecular flexibility index (Phi) is 8.48. The summed E-state index contributed by atoms with van der Waals surface area (Å²) in [5, 5.41) is 19.9. The van der Waals surface area contributed by atoms with E-state index in [1.807, 2.05) is 19.1 Å². The standard InChI is InChI=1S/C21H26BrN3O4/c1-3-13-11-15(22)12-17(19(13)29-10-9-26)18(21(27)28-4-2)25-16-7-5-14(6-8-16)20(23)24/h5-8,11-12,18,25-26H,3-4,9-10H2,1-2H3,(H3,23,24). The van der Waals surface area contributed by atoms with Crippen molar-refractivity contribution in [3.05, 3.63) is 57.6 Å². The minimum absolute atomic E-state index is 0.0299. The lowest BCUT2D eigenvalue weighted by Gasteiger charge is -2.23. The Balaban J connectivity index is 2.50. The van der Waals surface area contributed by atoms with Crippen LogP contribution in [-0.4, -0.2) is 36.7 Å². The fourth-order valence-electron chi connectivity index (χ4n) is 2.88. The molecule has 7 nitrogen and oxygen atoms in total. The number of anilines is 1. The van der Waals surface area contributed by atoms with Gasteiger partial charge in [0.15, 0.2) is 6.04 Å². The number of nitrogen functional groups attached to an aromatic ring is 1. The predicted molar refractivity (Wildman–Crippen MR) is 117 cm³/mol. The molecule has 29 heavy (non-hydrogen) atoms. The van der Waals surface area contributed by atoms with Crippen LogP contribution in [0.4, 0.5) is 5.69 Å². The van der Waals surface area contributed by atoms with E-state index in [4.69, 9.17) is 20.6 Å². The molecule has 0 radical (unpaired) electrons. The molecule has 0 aliphatic carbocycles. The number of benzene rings is 2. The van der Waals surface area contributed by atoms with Gasteiger partial charge in [-0.05, 0) is 55.3 Å². The number of rotatable bonds is 10. The minimum atomic E-state index is -0.824. The molecule has 2 rings (SSSR count). The number of hydrogen-bond donors (Lipinski definition) is 4. The topological polar surface area (TPSA) is 118 Å². The van der Waals surface area contributed by atoms with Crippen LogP contribution in [0.15, 0.2) is 40.9 Å². The van der Waals surface area contributed by atoms with Gasteiger partial charge in [-0.1, -0.05) is 22.9 Å². The first-order chi connectivity index (χ1) is 13.9. The van der Waals surface area contributed by atoms with Crippen LogP contribution in [0, 0.1) is 5.41 Å². The number of amidine groups is 1. The van der Waals surface area contributed by atoms with E-state index in [1.54, 1.807) is 31.2 Å². The van der Waals surface area contributed by atoms with E-state index >= 15 is 0 Å². The van der Waals surface area contributed by atoms with Crippen LogP contribution in [0.3, 0.4) is 0 Å². The summed E-state index contributed by atoms with van der Waals surface area (Å²) in [4.78, 5) is 12.8. The van der Waals surface area contributed by atoms with Gasteiger partial charge in [0.25, 0.3) is 0 Å². The van der Waals surface area contributed by atoms with Crippen molar-refractivity contribution in [3.63, 3.8) is 0 Å². The first-order valence-electron chi connectivity index (χ1n) is 9.34. The van der Waals surface area contributed by atoms with Crippen molar-refractivity contribution in [2.24, 2.45) is 5.73 Å². The Labute approximate surface area is 178 Å². The van der Waals surface area contributed by atoms with Crippen LogP contribution < -0.4 is 15.8 Å². The van der Waals surface area contributed by atoms with E-state index < -0.39 is 12.0 Å². The number of aryl methyl sites for hydroxylation is 1. The first kappa shape index (κ1) is 22.7. The van der Waals surface area contributed by atoms with Gasteiger partial charge in [0.05, 0.1) is 13.2 Å². The molecule has 0 spiro atoms. The minimum Gasteiger partial charge on any atom is -0.491 e. The van der Waals surface area contributed by atoms with Gasteiger partial charge in [-0.25, -0.2) is 4.79 Å². The van der Waals surface area contributed by atoms with E-state index in [9.17, 15) is 9.90 Å². The quantitative estimate of drug-likeness (QED) is 0.243. The average Bonchev–Trinajstić information content (AvgIpc) is 2.70. The highest BCUT2D eigenvalue weighted by atomic mass is 79.9. The molecule has 0 fully saturated rings. The normalized spacial score (nSPS) is 11.6. The van der Waals surface area contributed by atoms with Crippen molar-refractivity contribution in [2.75, 3.05) is 25.1 Å². The Morgan fingerprint density at radius 1 is 1.28 bits per heavy atom. The molecule has 0 heterocycles. The third kappa shape index (κ3) is 5.95. The maximum Gasteiger partial charge on any atom is 0.333 e. The van der Waals surface area contributed by atoms with E-state index in [0.717, 1.165) is 10.0 Å². The molecular weight excluding hydrogens is 438 g/mol. The Morgan fingerprint density at radius 2 is 1.97 bits per heavy atom. The van der Waals surface area contributed by atoms with Crippen molar-refractivity contribution >= 4 is 33.4 Å². The number of hydrogen-bond acceptors (Lipinski definition) is 6. The molecule has 1 unspecified atom stereocenters. The summed E-state index contributed by atoms with van der Waals surface area (Å²) < 4.78 is 11.9. The highest BCUT2D eigenvalue weighted by Crippen LogP contribution is 2.35. The summed E-state index contributed by atoms with van der Waals surface area (Å²) in [6.45, 7) is 3.96. The fourth-order valence-corrected chi connectivity index (χ4v) is 3.40. The summed E-state index contributed by atoms with van der Waals surface area (Å²) in [5.41, 5.74) is 8.28. The molecule has 1 atom stereocenters. The average molecular weight is 464 g/mol. The molecule has 156 valence electrons. The lowest BCUT2D eigenvalue weighted by Crippen LogP contribution is -2.25. The molecule has 0 aromatic heterocycles. The smallest absolute Gasteiger partial charge is 0.333 e. The molecule has 0 amide bonds. The first-order valence-corrected chi connectivity index (χ1v) is 10.1. The second-order valence-corrected chi connectivity index (χ2v) is 7.14. The molecule has 2 aromatic rings. The van der Waals surface area contributed by atoms with Crippen LogP contribution in [0.1, 0.15) is 36.6 Å². The molecule has 0 saturated heterocycles. The third-order valence-corrected chi connectivity index (χ3v) is 4.68. The number of ether oxygens (including phenoxy) is 2. The Bertz CT molecular complexity index is 856. The number of carbonyl (C=O) groups is 1. The summed E-state index contributed by atoms with van der Waals surface area (Å²) in [5.74, 6) is 0.0746. The van der Waals surface area contributed by atoms with E-state index in [-0.39, 0.29) is 25.7 Å². The second-order valence-electron chi connectivity index (χ2n) is 6.23. The van der Waals surface area contributed by atoms with Crippen molar-refractivity contribution in [2.45, 2.75) is 26.3 Å². The van der Waals surface area contributed by atoms with Gasteiger partial charge in [0.1, 0.15) is 18.2 Å². The van der Waals surface area contributed by atoms with Crippen molar-refractivity contribution in [1.82, 2.24) is 0 Å². The van der Waals surface area contributed by atoms with Gasteiger partial charge >= 0.3 is 5.97 Å². The van der Waals surface area contributed by atoms with E-state index in [1.165, 1.54) is 0 Å². The second kappa shape index (κ2) is 10.8. The molecule has 8 heteroatoms. The van der Waals surface area contributed by atoms with Crippen LogP contribution in [0.5, 0.6) is 5.75 Å². The zero-order chi connectivity index (χ0) is 21.4. The number of esters is 1. The van der Waals surface area contributed by atoms with Gasteiger partial charge in [0.2, 0.25) is 0 Å². The van der Waals surface area contributed by atoms with Crippen LogP contribution in [0.25, 0.3) is 0 Å². The SMILES string of the molecule is CCOC(=O)C(Nc1ccc(C(=N)N)cc1)c1cc(Br)cc(CC)c1OCCO. The zero-order valence-corrected chi connectivity index (χ0v) is 18.1. The van der Waals surface area contributed by atoms with Crippen LogP contribution >= 0.6 is 15.9 Å². The lowest BCUT2D eigenvalue weighted by molar-refractivity contribution is -0.144. The molecule has 5 N–H and O–H groups in total. The summed E-state index contributed by atoms with van der Waals surface area (Å²) in [6.07, 6.45) is 0.691. The lowest BCUT2D eigenvalue weighted by atomic mass is 10.00. The summed E-state index contributed by atoms with van der Waals surface area (Å²) in [7, 11) is 0. The van der Waals surface area contributed by atoms with Crippen LogP contribution in [-0.2, 0) is 16.0 Å². The van der Waals surface area contributed by atoms with Gasteiger partial charge in [-0.2, -0.15) is 0 Å². The van der Waals surface area contributed by atoms with E-state index in [0.29, 0.717) is 29.0 Å². The monoisotopic (exact) mass is 463 g/mol. The molecule has 2 aromatic carbocycles. The summed E-state index contributed by atoms with van der Waals surface area (Å²) >= 11 is 3.50. The molecule has 0 saturated carbocycles. The molecular formula is C21H26BrN3O4. The largest absolute Gasteiger partial charge is 0.491 e. The number of aliphatic hydroxyl groups is 1. The number of halogens is 1. The molecule has 0 aliphatic heterocycles. The van der Waals surface area contributed by atoms with Crippen molar-refractivity contribution in [3.8, 4) is 5.75 Å². The number of aliphatic hydroxyl groups excluding tert-OH is 1. The summed E-state index contributed by atoms with van der Waals surface area (Å²) in [6, 6.07) is 9.81. The highest BCUT2D eigenvalue weighted by molar-refractivity contribution is 9.10. The zero-order valence-electron chi connectivity index (χ0n) is 16.5. The number of nitrogens with one attached hydrogen (secondary N) is 2. The Morgan fingerprint density at radius 3 is 2.52 bits per heavy atom. The molecule has 0 bridgehead atoms. The van der Waals surface area contributed by atoms with Gasteiger partial charge in [0, 0.05) is 21.3 Å². The van der Waals surface area contributed by atoms with Crippen LogP contribution in [0.2, 0.25) is 0 Å². The maximum atomic E-state index is 12.8. The van der Waals surface area contributed by atoms with Crippen molar-refractivity contribution in [1.29, 1.82) is 5.41 Å². The fraction of sp³-hybridized carbons (Fsp3) is 0.333. The maximum absolute atomic E-state index is 12.8. The van der Waals surface area contributed by atoms with E-state index in [2.05, 4.69) is 21.2 Å². The molecule has 0 aliphatic rings. The third-order valence-electron chi connectivity index (χ3n) is 4.22. The number of carbonyl (C=O) groups excluding carboxylic acids is 1.